The molecule has 2 N–H and O–H groups in total. The van der Waals surface area contributed by atoms with Gasteiger partial charge in [0.15, 0.2) is 0 Å². The van der Waals surface area contributed by atoms with Crippen molar-refractivity contribution in [2.75, 3.05) is 19.5 Å². The van der Waals surface area contributed by atoms with E-state index in [2.05, 4.69) is 15.1 Å². The molecule has 0 unspecified atom stereocenters. The maximum Gasteiger partial charge on any atom is 0.362 e. The van der Waals surface area contributed by atoms with Gasteiger partial charge in [0, 0.05) is 13.1 Å². The van der Waals surface area contributed by atoms with Gasteiger partial charge in [-0.1, -0.05) is 5.16 Å². The third-order valence-electron chi connectivity index (χ3n) is 1.81. The molecule has 1 rings (SSSR count). The fraction of sp³-hybridized carbons (Fsp3) is 0.444. The van der Waals surface area contributed by atoms with E-state index >= 15 is 0 Å². The highest BCUT2D eigenvalue weighted by Gasteiger charge is 2.20. The van der Waals surface area contributed by atoms with Crippen molar-refractivity contribution >= 4 is 17.5 Å². The number of hydrogen-bond acceptors (Lipinski definition) is 6. The molecule has 0 amide bonds. The Labute approximate surface area is 92.8 Å². The van der Waals surface area contributed by atoms with Crippen LogP contribution in [0.3, 0.4) is 0 Å². The standard InChI is InChI=1S/C9H14N4O3/c1-4-16-9(14)8(12-15-3)6-5-7(10)13(2)11-6/h5H,4,10H2,1-3H3. The molecule has 0 aliphatic heterocycles. The van der Waals surface area contributed by atoms with E-state index < -0.39 is 5.97 Å². The predicted octanol–water partition coefficient (Wildman–Crippen LogP) is -0.0841. The van der Waals surface area contributed by atoms with E-state index in [9.17, 15) is 4.79 Å². The second-order valence-corrected chi connectivity index (χ2v) is 2.92. The molecule has 0 bridgehead atoms. The van der Waals surface area contributed by atoms with Gasteiger partial charge < -0.3 is 15.3 Å². The monoisotopic (exact) mass is 226 g/mol. The zero-order valence-corrected chi connectivity index (χ0v) is 9.43. The Morgan fingerprint density at radius 1 is 1.69 bits per heavy atom. The van der Waals surface area contributed by atoms with Crippen molar-refractivity contribution in [1.82, 2.24) is 9.78 Å². The summed E-state index contributed by atoms with van der Waals surface area (Å²) in [6, 6.07) is 1.52. The number of aryl methyl sites for hydroxylation is 1. The number of oxime groups is 1. The molecule has 0 saturated carbocycles. The van der Waals surface area contributed by atoms with Crippen molar-refractivity contribution in [3.8, 4) is 0 Å². The number of hydrogen-bond donors (Lipinski definition) is 1. The van der Waals surface area contributed by atoms with E-state index in [1.54, 1.807) is 14.0 Å². The first-order valence-electron chi connectivity index (χ1n) is 4.68. The first-order chi connectivity index (χ1) is 7.60. The lowest BCUT2D eigenvalue weighted by atomic mass is 10.3. The van der Waals surface area contributed by atoms with Crippen LogP contribution in [-0.4, -0.2) is 35.2 Å². The van der Waals surface area contributed by atoms with Gasteiger partial charge in [0.2, 0.25) is 5.71 Å². The summed E-state index contributed by atoms with van der Waals surface area (Å²) in [5.74, 6) is -0.175. The van der Waals surface area contributed by atoms with Gasteiger partial charge in [0.05, 0.1) is 6.61 Å². The van der Waals surface area contributed by atoms with E-state index in [-0.39, 0.29) is 12.3 Å². The molecule has 0 aliphatic rings. The van der Waals surface area contributed by atoms with Crippen LogP contribution in [0.1, 0.15) is 12.6 Å². The van der Waals surface area contributed by atoms with Crippen molar-refractivity contribution in [2.24, 2.45) is 12.2 Å². The Morgan fingerprint density at radius 2 is 2.38 bits per heavy atom. The number of nitrogens with zero attached hydrogens (tertiary/aromatic N) is 3. The molecular formula is C9H14N4O3. The smallest absolute Gasteiger partial charge is 0.362 e. The van der Waals surface area contributed by atoms with Gasteiger partial charge >= 0.3 is 5.97 Å². The average Bonchev–Trinajstić information content (AvgIpc) is 2.55. The lowest BCUT2D eigenvalue weighted by Gasteiger charge is -2.01. The van der Waals surface area contributed by atoms with Gasteiger partial charge in [0.25, 0.3) is 0 Å². The minimum absolute atomic E-state index is 0.00310. The van der Waals surface area contributed by atoms with E-state index in [4.69, 9.17) is 10.5 Å². The quantitative estimate of drug-likeness (QED) is 0.440. The fourth-order valence-electron chi connectivity index (χ4n) is 1.08. The van der Waals surface area contributed by atoms with Crippen LogP contribution in [0.2, 0.25) is 0 Å². The van der Waals surface area contributed by atoms with E-state index in [1.807, 2.05) is 0 Å². The number of ether oxygens (including phenoxy) is 1. The molecule has 7 heteroatoms. The van der Waals surface area contributed by atoms with Gasteiger partial charge in [-0.2, -0.15) is 5.10 Å². The van der Waals surface area contributed by atoms with Crippen molar-refractivity contribution in [3.63, 3.8) is 0 Å². The molecule has 0 aliphatic carbocycles. The van der Waals surface area contributed by atoms with Crippen LogP contribution in [-0.2, 0) is 21.4 Å². The molecular weight excluding hydrogens is 212 g/mol. The highest BCUT2D eigenvalue weighted by Crippen LogP contribution is 2.07. The minimum atomic E-state index is -0.595. The van der Waals surface area contributed by atoms with E-state index in [1.165, 1.54) is 17.9 Å². The van der Waals surface area contributed by atoms with Gasteiger partial charge in [-0.15, -0.1) is 0 Å². The van der Waals surface area contributed by atoms with Gasteiger partial charge in [-0.3, -0.25) is 4.68 Å². The third-order valence-corrected chi connectivity index (χ3v) is 1.81. The Bertz CT molecular complexity index is 391. The molecule has 0 aromatic carbocycles. The maximum absolute atomic E-state index is 11.5. The number of rotatable bonds is 4. The Kier molecular flexibility index (Phi) is 3.87. The van der Waals surface area contributed by atoms with Crippen LogP contribution in [0, 0.1) is 0 Å². The lowest BCUT2D eigenvalue weighted by molar-refractivity contribution is -0.135. The van der Waals surface area contributed by atoms with E-state index in [0.717, 1.165) is 0 Å². The first kappa shape index (κ1) is 12.0. The second-order valence-electron chi connectivity index (χ2n) is 2.92. The number of nitrogens with two attached hydrogens (primary N) is 1. The summed E-state index contributed by atoms with van der Waals surface area (Å²) in [4.78, 5) is 16.1. The molecule has 1 aromatic heterocycles. The molecule has 16 heavy (non-hydrogen) atoms. The van der Waals surface area contributed by atoms with Crippen LogP contribution in [0.25, 0.3) is 0 Å². The summed E-state index contributed by atoms with van der Waals surface area (Å²) in [6.07, 6.45) is 0. The summed E-state index contributed by atoms with van der Waals surface area (Å²) < 4.78 is 6.25. The molecule has 1 heterocycles. The summed E-state index contributed by atoms with van der Waals surface area (Å²) in [7, 11) is 3.00. The Balaban J connectivity index is 3.03. The SMILES string of the molecule is CCOC(=O)C(=NOC)c1cc(N)n(C)n1. The van der Waals surface area contributed by atoms with Gasteiger partial charge in [-0.25, -0.2) is 4.79 Å². The Morgan fingerprint density at radius 3 is 2.81 bits per heavy atom. The molecule has 0 radical (unpaired) electrons. The summed E-state index contributed by atoms with van der Waals surface area (Å²) >= 11 is 0. The number of carbonyl (C=O) groups is 1. The van der Waals surface area contributed by atoms with Crippen LogP contribution < -0.4 is 5.73 Å². The predicted molar refractivity (Wildman–Crippen MR) is 57.8 cm³/mol. The van der Waals surface area contributed by atoms with Crippen LogP contribution in [0.4, 0.5) is 5.82 Å². The second kappa shape index (κ2) is 5.15. The summed E-state index contributed by atoms with van der Waals surface area (Å²) in [6.45, 7) is 1.96. The molecule has 7 nitrogen and oxygen atoms in total. The highest BCUT2D eigenvalue weighted by molar-refractivity contribution is 6.42. The zero-order chi connectivity index (χ0) is 12.1. The Hall–Kier alpha value is -2.05. The molecule has 0 atom stereocenters. The number of aromatic nitrogens is 2. The normalized spacial score (nSPS) is 11.3. The van der Waals surface area contributed by atoms with Gasteiger partial charge in [0.1, 0.15) is 18.6 Å². The van der Waals surface area contributed by atoms with E-state index in [0.29, 0.717) is 11.5 Å². The number of esters is 1. The average molecular weight is 226 g/mol. The molecule has 0 saturated heterocycles. The van der Waals surface area contributed by atoms with Crippen LogP contribution >= 0.6 is 0 Å². The number of anilines is 1. The van der Waals surface area contributed by atoms with Crippen molar-refractivity contribution in [1.29, 1.82) is 0 Å². The van der Waals surface area contributed by atoms with Crippen molar-refractivity contribution < 1.29 is 14.4 Å². The van der Waals surface area contributed by atoms with Gasteiger partial charge in [-0.05, 0) is 6.92 Å². The topological polar surface area (TPSA) is 91.7 Å². The summed E-state index contributed by atoms with van der Waals surface area (Å²) in [5, 5.41) is 7.59. The summed E-state index contributed by atoms with van der Waals surface area (Å²) in [5.41, 5.74) is 5.92. The highest BCUT2D eigenvalue weighted by atomic mass is 16.6. The number of carbonyl (C=O) groups excluding carboxylic acids is 1. The largest absolute Gasteiger partial charge is 0.461 e. The van der Waals surface area contributed by atoms with Crippen molar-refractivity contribution in [3.05, 3.63) is 11.8 Å². The third kappa shape index (κ3) is 2.50. The molecule has 88 valence electrons. The minimum Gasteiger partial charge on any atom is -0.461 e. The van der Waals surface area contributed by atoms with Crippen molar-refractivity contribution in [2.45, 2.75) is 6.92 Å². The van der Waals surface area contributed by atoms with Crippen LogP contribution in [0.15, 0.2) is 11.2 Å². The number of nitrogen functional groups attached to an aromatic ring is 1. The maximum atomic E-state index is 11.5. The zero-order valence-electron chi connectivity index (χ0n) is 9.43. The first-order valence-corrected chi connectivity index (χ1v) is 4.68. The lowest BCUT2D eigenvalue weighted by Crippen LogP contribution is -2.20. The molecule has 0 spiro atoms. The molecule has 0 fully saturated rings. The fourth-order valence-corrected chi connectivity index (χ4v) is 1.08. The molecule has 1 aromatic rings. The van der Waals surface area contributed by atoms with Crippen LogP contribution in [0.5, 0.6) is 0 Å².